The lowest BCUT2D eigenvalue weighted by Crippen LogP contribution is -2.33. The number of nitrogens with one attached hydrogen (secondary N) is 1. The first-order valence-electron chi connectivity index (χ1n) is 6.56. The molecule has 1 fully saturated rings. The third kappa shape index (κ3) is 3.71. The van der Waals surface area contributed by atoms with Crippen molar-refractivity contribution < 1.29 is 0 Å². The van der Waals surface area contributed by atoms with Crippen LogP contribution in [0.15, 0.2) is 18.3 Å². The Kier molecular flexibility index (Phi) is 4.86. The van der Waals surface area contributed by atoms with E-state index in [2.05, 4.69) is 48.0 Å². The molecule has 94 valence electrons. The number of rotatable bonds is 5. The number of aryl methyl sites for hydroxylation is 1. The molecule has 1 N–H and O–H groups in total. The Balaban J connectivity index is 1.83. The number of aromatic nitrogens is 1. The van der Waals surface area contributed by atoms with Gasteiger partial charge in [0.15, 0.2) is 0 Å². The first kappa shape index (κ1) is 12.9. The topological polar surface area (TPSA) is 24.9 Å². The van der Waals surface area contributed by atoms with E-state index in [-0.39, 0.29) is 0 Å². The van der Waals surface area contributed by atoms with Crippen molar-refractivity contribution >= 4 is 11.8 Å². The molecule has 2 rings (SSSR count). The zero-order valence-electron chi connectivity index (χ0n) is 10.8. The second kappa shape index (κ2) is 6.41. The molecule has 0 spiro atoms. The molecule has 1 aromatic heterocycles. The minimum atomic E-state index is 0.683. The molecule has 0 bridgehead atoms. The van der Waals surface area contributed by atoms with Crippen LogP contribution >= 0.6 is 11.8 Å². The first-order chi connectivity index (χ1) is 8.29. The van der Waals surface area contributed by atoms with Gasteiger partial charge < -0.3 is 5.32 Å². The SMILES string of the molecule is CCSC1CCCC1NCc1ccc(C)cn1. The van der Waals surface area contributed by atoms with E-state index in [1.807, 2.05) is 6.20 Å². The molecule has 1 heterocycles. The summed E-state index contributed by atoms with van der Waals surface area (Å²) in [7, 11) is 0. The maximum Gasteiger partial charge on any atom is 0.0541 e. The Hall–Kier alpha value is -0.540. The zero-order valence-corrected chi connectivity index (χ0v) is 11.6. The van der Waals surface area contributed by atoms with E-state index in [0.29, 0.717) is 6.04 Å². The smallest absolute Gasteiger partial charge is 0.0541 e. The molecule has 0 aliphatic heterocycles. The minimum absolute atomic E-state index is 0.683. The Morgan fingerprint density at radius 1 is 1.41 bits per heavy atom. The van der Waals surface area contributed by atoms with Crippen molar-refractivity contribution in [3.8, 4) is 0 Å². The predicted octanol–water partition coefficient (Wildman–Crippen LogP) is 3.15. The minimum Gasteiger partial charge on any atom is -0.307 e. The summed E-state index contributed by atoms with van der Waals surface area (Å²) in [5.41, 5.74) is 2.39. The largest absolute Gasteiger partial charge is 0.307 e. The van der Waals surface area contributed by atoms with Gasteiger partial charge in [-0.3, -0.25) is 4.98 Å². The highest BCUT2D eigenvalue weighted by Gasteiger charge is 2.26. The van der Waals surface area contributed by atoms with Gasteiger partial charge in [0.25, 0.3) is 0 Å². The van der Waals surface area contributed by atoms with Crippen molar-refractivity contribution in [3.63, 3.8) is 0 Å². The van der Waals surface area contributed by atoms with Gasteiger partial charge in [-0.15, -0.1) is 0 Å². The highest BCUT2D eigenvalue weighted by molar-refractivity contribution is 7.99. The monoisotopic (exact) mass is 250 g/mol. The Labute approximate surface area is 109 Å². The van der Waals surface area contributed by atoms with Crippen LogP contribution in [0.3, 0.4) is 0 Å². The fourth-order valence-electron chi connectivity index (χ4n) is 2.41. The molecule has 1 aromatic rings. The molecular weight excluding hydrogens is 228 g/mol. The third-order valence-corrected chi connectivity index (χ3v) is 4.68. The lowest BCUT2D eigenvalue weighted by atomic mass is 10.2. The van der Waals surface area contributed by atoms with Crippen molar-refractivity contribution in [3.05, 3.63) is 29.6 Å². The van der Waals surface area contributed by atoms with Crippen LogP contribution in [-0.2, 0) is 6.54 Å². The van der Waals surface area contributed by atoms with Gasteiger partial charge in [-0.05, 0) is 37.1 Å². The Morgan fingerprint density at radius 3 is 3.00 bits per heavy atom. The number of nitrogens with zero attached hydrogens (tertiary/aromatic N) is 1. The molecule has 1 aliphatic rings. The summed E-state index contributed by atoms with van der Waals surface area (Å²) in [5.74, 6) is 1.23. The van der Waals surface area contributed by atoms with Gasteiger partial charge in [-0.25, -0.2) is 0 Å². The fraction of sp³-hybridized carbons (Fsp3) is 0.643. The van der Waals surface area contributed by atoms with Gasteiger partial charge >= 0.3 is 0 Å². The van der Waals surface area contributed by atoms with Crippen LogP contribution in [0.2, 0.25) is 0 Å². The second-order valence-electron chi connectivity index (χ2n) is 4.74. The predicted molar refractivity (Wildman–Crippen MR) is 75.4 cm³/mol. The summed E-state index contributed by atoms with van der Waals surface area (Å²) in [6.07, 6.45) is 6.02. The van der Waals surface area contributed by atoms with Crippen LogP contribution < -0.4 is 5.32 Å². The van der Waals surface area contributed by atoms with E-state index < -0.39 is 0 Å². The van der Waals surface area contributed by atoms with E-state index in [1.54, 1.807) is 0 Å². The van der Waals surface area contributed by atoms with Gasteiger partial charge in [0.05, 0.1) is 5.69 Å². The standard InChI is InChI=1S/C14H22N2S/c1-3-17-14-6-4-5-13(14)16-10-12-8-7-11(2)9-15-12/h7-9,13-14,16H,3-6,10H2,1-2H3. The number of hydrogen-bond acceptors (Lipinski definition) is 3. The normalized spacial score (nSPS) is 24.1. The van der Waals surface area contributed by atoms with Gasteiger partial charge in [0, 0.05) is 24.0 Å². The molecule has 3 heteroatoms. The molecular formula is C14H22N2S. The maximum absolute atomic E-state index is 4.44. The first-order valence-corrected chi connectivity index (χ1v) is 7.61. The summed E-state index contributed by atoms with van der Waals surface area (Å²) < 4.78 is 0. The molecule has 2 nitrogen and oxygen atoms in total. The average molecular weight is 250 g/mol. The summed E-state index contributed by atoms with van der Waals surface area (Å²) in [6.45, 7) is 5.24. The highest BCUT2D eigenvalue weighted by atomic mass is 32.2. The summed E-state index contributed by atoms with van der Waals surface area (Å²) in [5, 5.41) is 4.48. The van der Waals surface area contributed by atoms with E-state index in [4.69, 9.17) is 0 Å². The molecule has 0 radical (unpaired) electrons. The van der Waals surface area contributed by atoms with Crippen LogP contribution in [0.4, 0.5) is 0 Å². The van der Waals surface area contributed by atoms with Crippen molar-refractivity contribution in [2.24, 2.45) is 0 Å². The van der Waals surface area contributed by atoms with Gasteiger partial charge in [0.1, 0.15) is 0 Å². The van der Waals surface area contributed by atoms with Crippen LogP contribution in [0.1, 0.15) is 37.4 Å². The van der Waals surface area contributed by atoms with Crippen LogP contribution in [-0.4, -0.2) is 22.0 Å². The second-order valence-corrected chi connectivity index (χ2v) is 6.26. The van der Waals surface area contributed by atoms with Gasteiger partial charge in [-0.2, -0.15) is 11.8 Å². The number of pyridine rings is 1. The fourth-order valence-corrected chi connectivity index (χ4v) is 3.64. The summed E-state index contributed by atoms with van der Waals surface area (Å²) >= 11 is 2.10. The van der Waals surface area contributed by atoms with Crippen LogP contribution in [0, 0.1) is 6.92 Å². The third-order valence-electron chi connectivity index (χ3n) is 3.35. The van der Waals surface area contributed by atoms with Crippen LogP contribution in [0.5, 0.6) is 0 Å². The maximum atomic E-state index is 4.44. The quantitative estimate of drug-likeness (QED) is 0.869. The van der Waals surface area contributed by atoms with E-state index in [9.17, 15) is 0 Å². The molecule has 2 unspecified atom stereocenters. The molecule has 0 saturated heterocycles. The molecule has 0 amide bonds. The number of thioether (sulfide) groups is 1. The molecule has 1 aliphatic carbocycles. The Morgan fingerprint density at radius 2 is 2.29 bits per heavy atom. The molecule has 17 heavy (non-hydrogen) atoms. The van der Waals surface area contributed by atoms with Crippen molar-refractivity contribution in [2.75, 3.05) is 5.75 Å². The molecule has 0 aromatic carbocycles. The van der Waals surface area contributed by atoms with E-state index in [0.717, 1.165) is 17.5 Å². The molecule has 2 atom stereocenters. The van der Waals surface area contributed by atoms with E-state index in [1.165, 1.54) is 30.6 Å². The lowest BCUT2D eigenvalue weighted by Gasteiger charge is -2.19. The van der Waals surface area contributed by atoms with Crippen LogP contribution in [0.25, 0.3) is 0 Å². The lowest BCUT2D eigenvalue weighted by molar-refractivity contribution is 0.527. The molecule has 1 saturated carbocycles. The van der Waals surface area contributed by atoms with E-state index >= 15 is 0 Å². The zero-order chi connectivity index (χ0) is 12.1. The van der Waals surface area contributed by atoms with Crippen molar-refractivity contribution in [1.29, 1.82) is 0 Å². The van der Waals surface area contributed by atoms with Gasteiger partial charge in [0.2, 0.25) is 0 Å². The number of hydrogen-bond donors (Lipinski definition) is 1. The van der Waals surface area contributed by atoms with Crippen molar-refractivity contribution in [2.45, 2.75) is 50.9 Å². The van der Waals surface area contributed by atoms with Gasteiger partial charge in [-0.1, -0.05) is 19.4 Å². The van der Waals surface area contributed by atoms with Crippen molar-refractivity contribution in [1.82, 2.24) is 10.3 Å². The highest BCUT2D eigenvalue weighted by Crippen LogP contribution is 2.29. The average Bonchev–Trinajstić information content (AvgIpc) is 2.77. The summed E-state index contributed by atoms with van der Waals surface area (Å²) in [4.78, 5) is 4.44. The Bertz CT molecular complexity index is 337. The summed E-state index contributed by atoms with van der Waals surface area (Å²) in [6, 6.07) is 4.94.